The summed E-state index contributed by atoms with van der Waals surface area (Å²) in [5.41, 5.74) is 1.24. The van der Waals surface area contributed by atoms with E-state index < -0.39 is 0 Å². The van der Waals surface area contributed by atoms with E-state index in [1.165, 1.54) is 5.69 Å². The van der Waals surface area contributed by atoms with Crippen LogP contribution in [0.25, 0.3) is 0 Å². The van der Waals surface area contributed by atoms with Crippen LogP contribution in [0.1, 0.15) is 19.5 Å². The number of aliphatic hydroxyl groups is 1. The average molecular weight is 196 g/mol. The molecular formula is C11H20N2O. The third-order valence-corrected chi connectivity index (χ3v) is 2.48. The molecule has 80 valence electrons. The van der Waals surface area contributed by atoms with Crippen LogP contribution in [0.3, 0.4) is 0 Å². The molecule has 0 aromatic carbocycles. The highest BCUT2D eigenvalue weighted by atomic mass is 16.3. The molecule has 1 rings (SSSR count). The van der Waals surface area contributed by atoms with Crippen molar-refractivity contribution in [3.63, 3.8) is 0 Å². The number of hydrogen-bond donors (Lipinski definition) is 2. The summed E-state index contributed by atoms with van der Waals surface area (Å²) < 4.78 is 2.08. The van der Waals surface area contributed by atoms with Crippen molar-refractivity contribution in [2.24, 2.45) is 13.0 Å². The summed E-state index contributed by atoms with van der Waals surface area (Å²) in [6, 6.07) is 4.10. The van der Waals surface area contributed by atoms with E-state index in [4.69, 9.17) is 0 Å². The fourth-order valence-electron chi connectivity index (χ4n) is 1.26. The van der Waals surface area contributed by atoms with Gasteiger partial charge in [-0.3, -0.25) is 0 Å². The maximum atomic E-state index is 9.56. The third-order valence-electron chi connectivity index (χ3n) is 2.48. The molecule has 0 amide bonds. The van der Waals surface area contributed by atoms with Crippen LogP contribution >= 0.6 is 0 Å². The van der Waals surface area contributed by atoms with Gasteiger partial charge in [0.1, 0.15) is 0 Å². The van der Waals surface area contributed by atoms with E-state index in [1.807, 2.05) is 33.2 Å². The molecule has 0 aliphatic rings. The first-order valence-corrected chi connectivity index (χ1v) is 5.10. The van der Waals surface area contributed by atoms with Gasteiger partial charge in [0.2, 0.25) is 0 Å². The molecule has 1 heterocycles. The Kier molecular flexibility index (Phi) is 4.17. The van der Waals surface area contributed by atoms with Crippen molar-refractivity contribution in [2.45, 2.75) is 26.5 Å². The number of nitrogens with one attached hydrogen (secondary N) is 1. The monoisotopic (exact) mass is 196 g/mol. The van der Waals surface area contributed by atoms with E-state index in [2.05, 4.69) is 16.0 Å². The van der Waals surface area contributed by atoms with Crippen LogP contribution in [0.2, 0.25) is 0 Å². The van der Waals surface area contributed by atoms with Gasteiger partial charge < -0.3 is 15.0 Å². The average Bonchev–Trinajstić information content (AvgIpc) is 2.51. The summed E-state index contributed by atoms with van der Waals surface area (Å²) in [7, 11) is 2.02. The minimum absolute atomic E-state index is 0.254. The molecule has 2 N–H and O–H groups in total. The summed E-state index contributed by atoms with van der Waals surface area (Å²) >= 11 is 0. The first kappa shape index (κ1) is 11.3. The maximum absolute atomic E-state index is 9.56. The molecule has 3 nitrogen and oxygen atoms in total. The van der Waals surface area contributed by atoms with Crippen LogP contribution in [-0.2, 0) is 13.6 Å². The molecule has 1 aromatic rings. The minimum atomic E-state index is -0.254. The molecule has 0 aliphatic carbocycles. The number of hydrogen-bond acceptors (Lipinski definition) is 2. The lowest BCUT2D eigenvalue weighted by molar-refractivity contribution is 0.123. The van der Waals surface area contributed by atoms with Gasteiger partial charge in [0.15, 0.2) is 0 Å². The Morgan fingerprint density at radius 1 is 1.50 bits per heavy atom. The molecule has 1 aromatic heterocycles. The smallest absolute Gasteiger partial charge is 0.0687 e. The van der Waals surface area contributed by atoms with Crippen LogP contribution in [0, 0.1) is 5.92 Å². The highest BCUT2D eigenvalue weighted by Gasteiger charge is 2.07. The lowest BCUT2D eigenvalue weighted by Crippen LogP contribution is -2.30. The second-order valence-electron chi connectivity index (χ2n) is 4.05. The molecular weight excluding hydrogens is 176 g/mol. The van der Waals surface area contributed by atoms with Crippen molar-refractivity contribution in [1.29, 1.82) is 0 Å². The van der Waals surface area contributed by atoms with Crippen LogP contribution in [0.5, 0.6) is 0 Å². The molecule has 0 aliphatic heterocycles. The fraction of sp³-hybridized carbons (Fsp3) is 0.636. The zero-order valence-electron chi connectivity index (χ0n) is 9.20. The lowest BCUT2D eigenvalue weighted by atomic mass is 10.1. The van der Waals surface area contributed by atoms with Crippen LogP contribution in [0.15, 0.2) is 18.3 Å². The highest BCUT2D eigenvalue weighted by molar-refractivity contribution is 5.05. The van der Waals surface area contributed by atoms with Crippen molar-refractivity contribution < 1.29 is 5.11 Å². The molecule has 0 radical (unpaired) electrons. The van der Waals surface area contributed by atoms with Gasteiger partial charge in [-0.2, -0.15) is 0 Å². The summed E-state index contributed by atoms with van der Waals surface area (Å²) in [5.74, 6) is 0.316. The molecule has 0 spiro atoms. The quantitative estimate of drug-likeness (QED) is 0.741. The number of rotatable bonds is 5. The Labute approximate surface area is 85.7 Å². The van der Waals surface area contributed by atoms with E-state index in [0.29, 0.717) is 12.5 Å². The molecule has 1 unspecified atom stereocenters. The van der Waals surface area contributed by atoms with Gasteiger partial charge >= 0.3 is 0 Å². The van der Waals surface area contributed by atoms with Gasteiger partial charge in [-0.15, -0.1) is 0 Å². The lowest BCUT2D eigenvalue weighted by Gasteiger charge is -2.15. The molecule has 0 saturated heterocycles. The number of aliphatic hydroxyl groups excluding tert-OH is 1. The summed E-state index contributed by atoms with van der Waals surface area (Å²) in [5, 5.41) is 12.8. The highest BCUT2D eigenvalue weighted by Crippen LogP contribution is 2.01. The number of aryl methyl sites for hydroxylation is 1. The maximum Gasteiger partial charge on any atom is 0.0687 e. The topological polar surface area (TPSA) is 37.2 Å². The van der Waals surface area contributed by atoms with Gasteiger partial charge in [-0.1, -0.05) is 13.8 Å². The molecule has 14 heavy (non-hydrogen) atoms. The number of nitrogens with zero attached hydrogens (tertiary/aromatic N) is 1. The van der Waals surface area contributed by atoms with Gasteiger partial charge in [-0.25, -0.2) is 0 Å². The van der Waals surface area contributed by atoms with Gasteiger partial charge in [-0.05, 0) is 18.1 Å². The Balaban J connectivity index is 2.25. The van der Waals surface area contributed by atoms with Crippen LogP contribution in [0.4, 0.5) is 0 Å². The SMILES string of the molecule is CC(C)C(O)CNCc1cccn1C. The molecule has 0 saturated carbocycles. The van der Waals surface area contributed by atoms with E-state index >= 15 is 0 Å². The first-order chi connectivity index (χ1) is 6.61. The van der Waals surface area contributed by atoms with E-state index in [1.54, 1.807) is 0 Å². The molecule has 0 bridgehead atoms. The van der Waals surface area contributed by atoms with Crippen molar-refractivity contribution in [3.05, 3.63) is 24.0 Å². The zero-order valence-corrected chi connectivity index (χ0v) is 9.20. The van der Waals surface area contributed by atoms with Crippen molar-refractivity contribution in [2.75, 3.05) is 6.54 Å². The molecule has 0 fully saturated rings. The largest absolute Gasteiger partial charge is 0.392 e. The Morgan fingerprint density at radius 2 is 2.21 bits per heavy atom. The second kappa shape index (κ2) is 5.17. The van der Waals surface area contributed by atoms with E-state index in [9.17, 15) is 5.11 Å². The van der Waals surface area contributed by atoms with Crippen molar-refractivity contribution >= 4 is 0 Å². The van der Waals surface area contributed by atoms with Crippen LogP contribution < -0.4 is 5.32 Å². The van der Waals surface area contributed by atoms with Gasteiger partial charge in [0.05, 0.1) is 6.10 Å². The van der Waals surface area contributed by atoms with Crippen molar-refractivity contribution in [1.82, 2.24) is 9.88 Å². The van der Waals surface area contributed by atoms with Crippen LogP contribution in [-0.4, -0.2) is 22.3 Å². The van der Waals surface area contributed by atoms with E-state index in [-0.39, 0.29) is 6.10 Å². The molecule has 1 atom stereocenters. The predicted molar refractivity (Wildman–Crippen MR) is 58.0 cm³/mol. The minimum Gasteiger partial charge on any atom is -0.392 e. The van der Waals surface area contributed by atoms with E-state index in [0.717, 1.165) is 6.54 Å². The standard InChI is InChI=1S/C11H20N2O/c1-9(2)11(14)8-12-7-10-5-4-6-13(10)3/h4-6,9,11-12,14H,7-8H2,1-3H3. The Hall–Kier alpha value is -0.800. The van der Waals surface area contributed by atoms with Gasteiger partial charge in [0.25, 0.3) is 0 Å². The summed E-state index contributed by atoms with van der Waals surface area (Å²) in [6.07, 6.45) is 1.77. The summed E-state index contributed by atoms with van der Waals surface area (Å²) in [4.78, 5) is 0. The molecule has 3 heteroatoms. The zero-order chi connectivity index (χ0) is 10.6. The fourth-order valence-corrected chi connectivity index (χ4v) is 1.26. The summed E-state index contributed by atoms with van der Waals surface area (Å²) in [6.45, 7) is 5.51. The second-order valence-corrected chi connectivity index (χ2v) is 4.05. The van der Waals surface area contributed by atoms with Gasteiger partial charge in [0, 0.05) is 32.0 Å². The first-order valence-electron chi connectivity index (χ1n) is 5.10. The number of aromatic nitrogens is 1. The van der Waals surface area contributed by atoms with Crippen molar-refractivity contribution in [3.8, 4) is 0 Å². The Bertz CT molecular complexity index is 268. The third kappa shape index (κ3) is 3.16. The predicted octanol–water partition coefficient (Wildman–Crippen LogP) is 1.13. The Morgan fingerprint density at radius 3 is 2.71 bits per heavy atom. The normalized spacial score (nSPS) is 13.5.